The topological polar surface area (TPSA) is 48.7 Å². The first-order chi connectivity index (χ1) is 10.1. The summed E-state index contributed by atoms with van der Waals surface area (Å²) in [6.07, 6.45) is 1.61. The second-order valence-corrected chi connectivity index (χ2v) is 6.39. The van der Waals surface area contributed by atoms with Gasteiger partial charge in [0.2, 0.25) is 0 Å². The molecular formula is C16H16ClN3S. The maximum absolute atomic E-state index is 9.32. The maximum Gasteiger partial charge on any atom is 0.101 e. The maximum atomic E-state index is 9.32. The lowest BCUT2D eigenvalue weighted by Gasteiger charge is -2.10. The summed E-state index contributed by atoms with van der Waals surface area (Å²) in [4.78, 5) is 5.14. The number of hydrogen-bond donors (Lipinski definition) is 1. The van der Waals surface area contributed by atoms with Crippen molar-refractivity contribution in [2.24, 2.45) is 0 Å². The molecule has 3 nitrogen and oxygen atoms in total. The van der Waals surface area contributed by atoms with Crippen molar-refractivity contribution in [3.8, 4) is 6.07 Å². The predicted octanol–water partition coefficient (Wildman–Crippen LogP) is 4.26. The first kappa shape index (κ1) is 15.8. The van der Waals surface area contributed by atoms with Crippen molar-refractivity contribution in [1.29, 1.82) is 5.26 Å². The van der Waals surface area contributed by atoms with E-state index in [-0.39, 0.29) is 0 Å². The number of aromatic nitrogens is 1. The van der Waals surface area contributed by atoms with Gasteiger partial charge >= 0.3 is 0 Å². The zero-order chi connectivity index (χ0) is 15.2. The fourth-order valence-corrected chi connectivity index (χ4v) is 2.65. The highest BCUT2D eigenvalue weighted by atomic mass is 35.5. The number of hydrogen-bond acceptors (Lipinski definition) is 4. The lowest BCUT2D eigenvalue weighted by molar-refractivity contribution is 0.588. The Morgan fingerprint density at radius 1 is 1.33 bits per heavy atom. The molecule has 0 atom stereocenters. The Labute approximate surface area is 134 Å². The lowest BCUT2D eigenvalue weighted by atomic mass is 10.1. The van der Waals surface area contributed by atoms with Gasteiger partial charge in [0.1, 0.15) is 11.1 Å². The fourth-order valence-electron chi connectivity index (χ4n) is 1.72. The van der Waals surface area contributed by atoms with Crippen molar-refractivity contribution in [2.45, 2.75) is 36.4 Å². The molecule has 108 valence electrons. The molecular weight excluding hydrogens is 302 g/mol. The van der Waals surface area contributed by atoms with Crippen LogP contribution in [0.3, 0.4) is 0 Å². The Morgan fingerprint density at radius 3 is 2.76 bits per heavy atom. The summed E-state index contributed by atoms with van der Waals surface area (Å²) in [5.41, 5.74) is 1.77. The van der Waals surface area contributed by atoms with Crippen LogP contribution in [0.4, 0.5) is 0 Å². The van der Waals surface area contributed by atoms with Gasteiger partial charge in [-0.15, -0.1) is 0 Å². The quantitative estimate of drug-likeness (QED) is 0.895. The average Bonchev–Trinajstić information content (AvgIpc) is 2.48. The predicted molar refractivity (Wildman–Crippen MR) is 86.5 cm³/mol. The summed E-state index contributed by atoms with van der Waals surface area (Å²) in [7, 11) is 0. The van der Waals surface area contributed by atoms with Gasteiger partial charge < -0.3 is 5.32 Å². The van der Waals surface area contributed by atoms with Gasteiger partial charge in [-0.05, 0) is 29.8 Å². The molecule has 0 spiro atoms. The summed E-state index contributed by atoms with van der Waals surface area (Å²) >= 11 is 7.29. The third kappa shape index (κ3) is 4.75. The van der Waals surface area contributed by atoms with Crippen LogP contribution >= 0.6 is 23.4 Å². The van der Waals surface area contributed by atoms with Crippen LogP contribution in [0.15, 0.2) is 46.5 Å². The van der Waals surface area contributed by atoms with Crippen molar-refractivity contribution < 1.29 is 0 Å². The molecule has 0 fully saturated rings. The van der Waals surface area contributed by atoms with E-state index in [0.717, 1.165) is 22.0 Å². The minimum Gasteiger partial charge on any atom is -0.310 e. The number of pyridine rings is 1. The van der Waals surface area contributed by atoms with Gasteiger partial charge in [-0.1, -0.05) is 43.3 Å². The van der Waals surface area contributed by atoms with Crippen LogP contribution in [0, 0.1) is 11.3 Å². The van der Waals surface area contributed by atoms with E-state index in [2.05, 4.69) is 30.2 Å². The van der Waals surface area contributed by atoms with Crippen molar-refractivity contribution in [3.05, 3.63) is 52.7 Å². The van der Waals surface area contributed by atoms with Gasteiger partial charge in [0.25, 0.3) is 0 Å². The molecule has 0 amide bonds. The molecule has 1 N–H and O–H groups in total. The molecule has 0 aliphatic rings. The SMILES string of the molecule is CC(C)NCc1ccc(Sc2ccc(Cl)cn2)c(C#N)c1. The molecule has 0 saturated heterocycles. The number of benzene rings is 1. The van der Waals surface area contributed by atoms with Crippen LogP contribution in [0.25, 0.3) is 0 Å². The van der Waals surface area contributed by atoms with E-state index < -0.39 is 0 Å². The molecule has 5 heteroatoms. The highest BCUT2D eigenvalue weighted by Crippen LogP contribution is 2.30. The van der Waals surface area contributed by atoms with E-state index in [0.29, 0.717) is 16.6 Å². The lowest BCUT2D eigenvalue weighted by Crippen LogP contribution is -2.21. The fraction of sp³-hybridized carbons (Fsp3) is 0.250. The van der Waals surface area contributed by atoms with E-state index in [4.69, 9.17) is 11.6 Å². The summed E-state index contributed by atoms with van der Waals surface area (Å²) < 4.78 is 0. The molecule has 21 heavy (non-hydrogen) atoms. The van der Waals surface area contributed by atoms with Crippen LogP contribution in [-0.2, 0) is 6.54 Å². The first-order valence-electron chi connectivity index (χ1n) is 6.64. The van der Waals surface area contributed by atoms with E-state index in [1.807, 2.05) is 24.3 Å². The minimum atomic E-state index is 0.419. The van der Waals surface area contributed by atoms with E-state index in [1.54, 1.807) is 12.3 Å². The molecule has 0 radical (unpaired) electrons. The number of nitrogens with one attached hydrogen (secondary N) is 1. The second-order valence-electron chi connectivity index (χ2n) is 4.89. The number of nitrogens with zero attached hydrogens (tertiary/aromatic N) is 2. The molecule has 1 aromatic carbocycles. The number of nitriles is 1. The normalized spacial score (nSPS) is 10.6. The third-order valence-corrected chi connectivity index (χ3v) is 4.04. The van der Waals surface area contributed by atoms with E-state index >= 15 is 0 Å². The zero-order valence-corrected chi connectivity index (χ0v) is 13.5. The van der Waals surface area contributed by atoms with Gasteiger partial charge in [0.15, 0.2) is 0 Å². The van der Waals surface area contributed by atoms with Gasteiger partial charge in [-0.3, -0.25) is 0 Å². The highest BCUT2D eigenvalue weighted by Gasteiger charge is 2.07. The molecule has 1 aromatic heterocycles. The van der Waals surface area contributed by atoms with Crippen LogP contribution in [0.2, 0.25) is 5.02 Å². The molecule has 0 bridgehead atoms. The zero-order valence-electron chi connectivity index (χ0n) is 11.9. The van der Waals surface area contributed by atoms with Gasteiger partial charge in [0.05, 0.1) is 10.6 Å². The van der Waals surface area contributed by atoms with Crippen LogP contribution < -0.4 is 5.32 Å². The molecule has 0 saturated carbocycles. The Hall–Kier alpha value is -1.54. The summed E-state index contributed by atoms with van der Waals surface area (Å²) in [5.74, 6) is 0. The Morgan fingerprint density at radius 2 is 2.14 bits per heavy atom. The summed E-state index contributed by atoms with van der Waals surface area (Å²) in [6, 6.07) is 12.2. The second kappa shape index (κ2) is 7.46. The Kier molecular flexibility index (Phi) is 5.63. The molecule has 1 heterocycles. The molecule has 0 unspecified atom stereocenters. The molecule has 2 aromatic rings. The van der Waals surface area contributed by atoms with Crippen molar-refractivity contribution in [3.63, 3.8) is 0 Å². The van der Waals surface area contributed by atoms with Gasteiger partial charge in [0, 0.05) is 23.7 Å². The largest absolute Gasteiger partial charge is 0.310 e. The molecule has 0 aliphatic heterocycles. The number of rotatable bonds is 5. The molecule has 2 rings (SSSR count). The first-order valence-corrected chi connectivity index (χ1v) is 7.83. The monoisotopic (exact) mass is 317 g/mol. The van der Waals surface area contributed by atoms with Crippen LogP contribution in [0.1, 0.15) is 25.0 Å². The van der Waals surface area contributed by atoms with Gasteiger partial charge in [-0.25, -0.2) is 4.98 Å². The average molecular weight is 318 g/mol. The van der Waals surface area contributed by atoms with E-state index in [9.17, 15) is 5.26 Å². The van der Waals surface area contributed by atoms with Crippen LogP contribution in [-0.4, -0.2) is 11.0 Å². The third-order valence-electron chi connectivity index (χ3n) is 2.79. The summed E-state index contributed by atoms with van der Waals surface area (Å²) in [6.45, 7) is 4.96. The van der Waals surface area contributed by atoms with Crippen molar-refractivity contribution >= 4 is 23.4 Å². The van der Waals surface area contributed by atoms with Crippen LogP contribution in [0.5, 0.6) is 0 Å². The standard InChI is InChI=1S/C16H16ClN3S/c1-11(2)19-9-12-3-5-15(13(7-12)8-18)21-16-6-4-14(17)10-20-16/h3-7,10-11,19H,9H2,1-2H3. The summed E-state index contributed by atoms with van der Waals surface area (Å²) in [5, 5.41) is 14.1. The van der Waals surface area contributed by atoms with E-state index in [1.165, 1.54) is 11.8 Å². The number of halogens is 1. The van der Waals surface area contributed by atoms with Crippen molar-refractivity contribution in [2.75, 3.05) is 0 Å². The van der Waals surface area contributed by atoms with Crippen molar-refractivity contribution in [1.82, 2.24) is 10.3 Å². The molecule has 0 aliphatic carbocycles. The Bertz CT molecular complexity index is 648. The smallest absolute Gasteiger partial charge is 0.101 e. The van der Waals surface area contributed by atoms with Gasteiger partial charge in [-0.2, -0.15) is 5.26 Å². The minimum absolute atomic E-state index is 0.419. The highest BCUT2D eigenvalue weighted by molar-refractivity contribution is 7.99. The Balaban J connectivity index is 2.16.